The highest BCUT2D eigenvalue weighted by Gasteiger charge is 2.28. The Kier molecular flexibility index (Phi) is 5.03. The second-order valence-electron chi connectivity index (χ2n) is 5.71. The molecule has 1 amide bonds. The number of aliphatic hydroxyl groups excluding tert-OH is 1. The molecule has 122 valence electrons. The van der Waals surface area contributed by atoms with E-state index >= 15 is 0 Å². The number of hydrogen-bond donors (Lipinski definition) is 1. The van der Waals surface area contributed by atoms with Crippen LogP contribution in [-0.2, 0) is 11.8 Å². The highest BCUT2D eigenvalue weighted by molar-refractivity contribution is 7.99. The average molecular weight is 331 g/mol. The monoisotopic (exact) mass is 331 g/mol. The lowest BCUT2D eigenvalue weighted by Crippen LogP contribution is -2.38. The minimum atomic E-state index is -0.00986. The summed E-state index contributed by atoms with van der Waals surface area (Å²) in [6.45, 7) is 0.803. The zero-order valence-electron chi connectivity index (χ0n) is 13.2. The van der Waals surface area contributed by atoms with Crippen LogP contribution in [-0.4, -0.2) is 50.4 Å². The molecule has 0 saturated carbocycles. The fraction of sp³-hybridized carbons (Fsp3) is 0.412. The first-order valence-electron chi connectivity index (χ1n) is 7.81. The second kappa shape index (κ2) is 7.19. The van der Waals surface area contributed by atoms with Crippen LogP contribution in [0.3, 0.4) is 0 Å². The van der Waals surface area contributed by atoms with Gasteiger partial charge in [-0.3, -0.25) is 4.79 Å². The molecule has 2 heterocycles. The number of benzene rings is 1. The van der Waals surface area contributed by atoms with E-state index in [4.69, 9.17) is 0 Å². The van der Waals surface area contributed by atoms with Gasteiger partial charge in [0.05, 0.1) is 30.3 Å². The lowest BCUT2D eigenvalue weighted by atomic mass is 10.2. The number of aliphatic hydroxyl groups is 1. The van der Waals surface area contributed by atoms with E-state index in [1.807, 2.05) is 48.1 Å². The molecule has 1 N–H and O–H groups in total. The topological polar surface area (TPSA) is 58.4 Å². The van der Waals surface area contributed by atoms with Gasteiger partial charge >= 0.3 is 0 Å². The Morgan fingerprint density at radius 2 is 2.17 bits per heavy atom. The van der Waals surface area contributed by atoms with Gasteiger partial charge in [-0.1, -0.05) is 42.1 Å². The van der Waals surface area contributed by atoms with Gasteiger partial charge in [0.2, 0.25) is 5.91 Å². The standard InChI is InChI=1S/C17H21N3O2S/c1-19-15(13-6-3-2-4-7-13)10-18-17(19)23-12-16(22)20-9-5-8-14(20)11-21/h2-4,6-7,10,14,21H,5,8-9,11-12H2,1H3/t14-/m1/s1. The summed E-state index contributed by atoms with van der Waals surface area (Å²) < 4.78 is 2.01. The van der Waals surface area contributed by atoms with Gasteiger partial charge < -0.3 is 14.6 Å². The first-order valence-corrected chi connectivity index (χ1v) is 8.79. The molecule has 3 rings (SSSR count). The Morgan fingerprint density at radius 3 is 2.91 bits per heavy atom. The third-order valence-corrected chi connectivity index (χ3v) is 5.28. The lowest BCUT2D eigenvalue weighted by Gasteiger charge is -2.22. The molecule has 1 fully saturated rings. The largest absolute Gasteiger partial charge is 0.394 e. The van der Waals surface area contributed by atoms with Crippen molar-refractivity contribution in [3.8, 4) is 11.3 Å². The van der Waals surface area contributed by atoms with Crippen LogP contribution in [0.15, 0.2) is 41.7 Å². The van der Waals surface area contributed by atoms with Gasteiger partial charge in [-0.2, -0.15) is 0 Å². The molecule has 23 heavy (non-hydrogen) atoms. The highest BCUT2D eigenvalue weighted by Crippen LogP contribution is 2.26. The molecule has 0 bridgehead atoms. The van der Waals surface area contributed by atoms with Gasteiger partial charge in [0.25, 0.3) is 0 Å². The van der Waals surface area contributed by atoms with Crippen LogP contribution in [0.25, 0.3) is 11.3 Å². The van der Waals surface area contributed by atoms with E-state index in [0.717, 1.165) is 35.8 Å². The number of imidazole rings is 1. The number of amides is 1. The Morgan fingerprint density at radius 1 is 1.39 bits per heavy atom. The van der Waals surface area contributed by atoms with Crippen LogP contribution < -0.4 is 0 Å². The van der Waals surface area contributed by atoms with Gasteiger partial charge in [-0.25, -0.2) is 4.98 Å². The molecule has 0 radical (unpaired) electrons. The van der Waals surface area contributed by atoms with Crippen molar-refractivity contribution in [3.63, 3.8) is 0 Å². The minimum absolute atomic E-state index is 0.00986. The maximum atomic E-state index is 12.3. The number of nitrogens with zero attached hydrogens (tertiary/aromatic N) is 3. The molecule has 1 aliphatic heterocycles. The molecule has 6 heteroatoms. The van der Waals surface area contributed by atoms with Crippen LogP contribution in [0, 0.1) is 0 Å². The van der Waals surface area contributed by atoms with E-state index in [1.54, 1.807) is 4.90 Å². The molecular formula is C17H21N3O2S. The van der Waals surface area contributed by atoms with Gasteiger partial charge in [-0.05, 0) is 18.4 Å². The van der Waals surface area contributed by atoms with E-state index in [0.29, 0.717) is 5.75 Å². The van der Waals surface area contributed by atoms with Crippen molar-refractivity contribution in [2.45, 2.75) is 24.0 Å². The maximum Gasteiger partial charge on any atom is 0.233 e. The summed E-state index contributed by atoms with van der Waals surface area (Å²) in [5.41, 5.74) is 2.15. The first kappa shape index (κ1) is 16.1. The fourth-order valence-corrected chi connectivity index (χ4v) is 3.80. The summed E-state index contributed by atoms with van der Waals surface area (Å²) in [5.74, 6) is 0.436. The van der Waals surface area contributed by atoms with Crippen LogP contribution in [0.1, 0.15) is 12.8 Å². The summed E-state index contributed by atoms with van der Waals surface area (Å²) in [4.78, 5) is 18.6. The zero-order valence-corrected chi connectivity index (χ0v) is 14.0. The van der Waals surface area contributed by atoms with E-state index in [9.17, 15) is 9.90 Å². The summed E-state index contributed by atoms with van der Waals surface area (Å²) in [6, 6.07) is 10.1. The number of aromatic nitrogens is 2. The Bertz CT molecular complexity index is 672. The Labute approximate surface area is 140 Å². The van der Waals surface area contributed by atoms with Crippen molar-refractivity contribution in [1.82, 2.24) is 14.5 Å². The first-order chi connectivity index (χ1) is 11.2. The maximum absolute atomic E-state index is 12.3. The summed E-state index contributed by atoms with van der Waals surface area (Å²) in [5, 5.41) is 10.2. The number of hydrogen-bond acceptors (Lipinski definition) is 4. The quantitative estimate of drug-likeness (QED) is 0.853. The van der Waals surface area contributed by atoms with Crippen molar-refractivity contribution in [3.05, 3.63) is 36.5 Å². The van der Waals surface area contributed by atoms with Crippen molar-refractivity contribution in [1.29, 1.82) is 0 Å². The fourth-order valence-electron chi connectivity index (χ4n) is 2.97. The molecule has 1 aromatic carbocycles. The third-order valence-electron chi connectivity index (χ3n) is 4.25. The summed E-state index contributed by atoms with van der Waals surface area (Å²) in [7, 11) is 1.97. The molecule has 1 aliphatic rings. The van der Waals surface area contributed by atoms with Crippen molar-refractivity contribution < 1.29 is 9.90 Å². The van der Waals surface area contributed by atoms with E-state index in [-0.39, 0.29) is 18.6 Å². The molecular weight excluding hydrogens is 310 g/mol. The van der Waals surface area contributed by atoms with Gasteiger partial charge in [0, 0.05) is 13.6 Å². The molecule has 5 nitrogen and oxygen atoms in total. The number of carbonyl (C=O) groups is 1. The summed E-state index contributed by atoms with van der Waals surface area (Å²) in [6.07, 6.45) is 3.71. The molecule has 0 spiro atoms. The predicted molar refractivity (Wildman–Crippen MR) is 91.2 cm³/mol. The van der Waals surface area contributed by atoms with E-state index in [2.05, 4.69) is 4.98 Å². The van der Waals surface area contributed by atoms with Crippen molar-refractivity contribution in [2.24, 2.45) is 7.05 Å². The van der Waals surface area contributed by atoms with Gasteiger partial charge in [-0.15, -0.1) is 0 Å². The molecule has 2 aromatic rings. The minimum Gasteiger partial charge on any atom is -0.394 e. The molecule has 0 aliphatic carbocycles. The van der Waals surface area contributed by atoms with Crippen molar-refractivity contribution in [2.75, 3.05) is 18.9 Å². The number of rotatable bonds is 5. The second-order valence-corrected chi connectivity index (χ2v) is 6.65. The lowest BCUT2D eigenvalue weighted by molar-refractivity contribution is -0.129. The number of thioether (sulfide) groups is 1. The molecule has 0 unspecified atom stereocenters. The average Bonchev–Trinajstić information content (AvgIpc) is 3.20. The highest BCUT2D eigenvalue weighted by atomic mass is 32.2. The Hall–Kier alpha value is -1.79. The van der Waals surface area contributed by atoms with Gasteiger partial charge in [0.1, 0.15) is 0 Å². The number of carbonyl (C=O) groups excluding carboxylic acids is 1. The Balaban J connectivity index is 1.65. The van der Waals surface area contributed by atoms with E-state index < -0.39 is 0 Å². The molecule has 1 saturated heterocycles. The number of likely N-dealkylation sites (tertiary alicyclic amines) is 1. The molecule has 1 aromatic heterocycles. The molecule has 1 atom stereocenters. The van der Waals surface area contributed by atoms with Crippen LogP contribution in [0.5, 0.6) is 0 Å². The SMILES string of the molecule is Cn1c(-c2ccccc2)cnc1SCC(=O)N1CCC[C@@H]1CO. The predicted octanol–water partition coefficient (Wildman–Crippen LogP) is 2.16. The van der Waals surface area contributed by atoms with Crippen LogP contribution in [0.4, 0.5) is 0 Å². The van der Waals surface area contributed by atoms with E-state index in [1.165, 1.54) is 11.8 Å². The van der Waals surface area contributed by atoms with Gasteiger partial charge in [0.15, 0.2) is 5.16 Å². The van der Waals surface area contributed by atoms with Crippen LogP contribution in [0.2, 0.25) is 0 Å². The van der Waals surface area contributed by atoms with Crippen molar-refractivity contribution >= 4 is 17.7 Å². The zero-order chi connectivity index (χ0) is 16.2. The summed E-state index contributed by atoms with van der Waals surface area (Å²) >= 11 is 1.45. The van der Waals surface area contributed by atoms with Crippen LogP contribution >= 0.6 is 11.8 Å². The smallest absolute Gasteiger partial charge is 0.233 e. The normalized spacial score (nSPS) is 17.7. The third kappa shape index (κ3) is 3.43.